The summed E-state index contributed by atoms with van der Waals surface area (Å²) in [5.74, 6) is -33.1. The Bertz CT molecular complexity index is 627. The number of hydrogen-bond acceptors (Lipinski definition) is 0. The van der Waals surface area contributed by atoms with Crippen LogP contribution in [0.2, 0.25) is 0 Å². The first-order valence-corrected chi connectivity index (χ1v) is 7.46. The summed E-state index contributed by atoms with van der Waals surface area (Å²) in [4.78, 5) is 0. The molecule has 0 aliphatic heterocycles. The monoisotopic (exact) mass is 448 g/mol. The highest BCUT2D eigenvalue weighted by molar-refractivity contribution is 5.40. The molecule has 4 atom stereocenters. The first-order valence-electron chi connectivity index (χ1n) is 7.46. The van der Waals surface area contributed by atoms with Gasteiger partial charge in [0.05, 0.1) is 0 Å². The Morgan fingerprint density at radius 3 is 0.964 bits per heavy atom. The average Bonchev–Trinajstić information content (AvgIpc) is 2.46. The molecule has 0 spiro atoms. The Morgan fingerprint density at radius 2 is 0.750 bits per heavy atom. The van der Waals surface area contributed by atoms with Crippen LogP contribution in [0.4, 0.5) is 61.5 Å². The maximum absolute atomic E-state index is 14.8. The van der Waals surface area contributed by atoms with Gasteiger partial charge < -0.3 is 0 Å². The summed E-state index contributed by atoms with van der Waals surface area (Å²) in [5.41, 5.74) is -27.5. The largest absolute Gasteiger partial charge is 0.333 e. The highest BCUT2D eigenvalue weighted by Gasteiger charge is 3.06. The first kappa shape index (κ1) is 25.1. The van der Waals surface area contributed by atoms with E-state index >= 15 is 0 Å². The molecule has 0 saturated heterocycles. The molecule has 168 valence electrons. The third kappa shape index (κ3) is 2.09. The van der Waals surface area contributed by atoms with E-state index in [1.54, 1.807) is 0 Å². The van der Waals surface area contributed by atoms with Gasteiger partial charge in [-0.25, -0.2) is 43.9 Å². The molecule has 1 aliphatic rings. The van der Waals surface area contributed by atoms with Crippen molar-refractivity contribution in [3.63, 3.8) is 0 Å². The number of alkyl halides is 14. The summed E-state index contributed by atoms with van der Waals surface area (Å²) in [5, 5.41) is 0. The normalized spacial score (nSPS) is 41.8. The lowest BCUT2D eigenvalue weighted by Gasteiger charge is -2.63. The van der Waals surface area contributed by atoms with Crippen molar-refractivity contribution in [1.29, 1.82) is 0 Å². The van der Waals surface area contributed by atoms with E-state index in [4.69, 9.17) is 0 Å². The lowest BCUT2D eigenvalue weighted by atomic mass is 9.52. The smallest absolute Gasteiger partial charge is 0.233 e. The van der Waals surface area contributed by atoms with Gasteiger partial charge in [0.2, 0.25) is 5.67 Å². The number of rotatable bonds is 4. The maximum atomic E-state index is 14.8. The van der Waals surface area contributed by atoms with Gasteiger partial charge in [0.1, 0.15) is 0 Å². The van der Waals surface area contributed by atoms with Gasteiger partial charge in [-0.2, -0.15) is 17.6 Å². The van der Waals surface area contributed by atoms with Crippen LogP contribution in [0.1, 0.15) is 34.1 Å². The summed E-state index contributed by atoms with van der Waals surface area (Å²) in [7, 11) is 0. The van der Waals surface area contributed by atoms with Crippen LogP contribution in [0.5, 0.6) is 0 Å². The molecule has 0 radical (unpaired) electrons. The van der Waals surface area contributed by atoms with Crippen LogP contribution in [0, 0.1) is 0 Å². The summed E-state index contributed by atoms with van der Waals surface area (Å²) >= 11 is 0. The van der Waals surface area contributed by atoms with Crippen molar-refractivity contribution < 1.29 is 61.5 Å². The second kappa shape index (κ2) is 5.58. The molecule has 1 aliphatic carbocycles. The zero-order chi connectivity index (χ0) is 23.2. The van der Waals surface area contributed by atoms with Gasteiger partial charge in [0.15, 0.2) is 0 Å². The van der Waals surface area contributed by atoms with Crippen LogP contribution < -0.4 is 0 Å². The predicted molar refractivity (Wildman–Crippen MR) is 67.4 cm³/mol. The van der Waals surface area contributed by atoms with Gasteiger partial charge in [-0.1, -0.05) is 6.92 Å². The van der Waals surface area contributed by atoms with Crippen molar-refractivity contribution in [1.82, 2.24) is 0 Å². The standard InChI is InChI=1S/C14H14F14/c1-5-9(21)10(22,6(2,15)16)14(27,28)12(24,8(4,19)20)11(23,7(3,17)18)13(9,25)26/h5H2,1-4H3. The van der Waals surface area contributed by atoms with Crippen molar-refractivity contribution >= 4 is 0 Å². The Morgan fingerprint density at radius 1 is 0.500 bits per heavy atom. The summed E-state index contributed by atoms with van der Waals surface area (Å²) in [6, 6.07) is 0. The lowest BCUT2D eigenvalue weighted by Crippen LogP contribution is -2.94. The van der Waals surface area contributed by atoms with Crippen LogP contribution in [0.3, 0.4) is 0 Å². The van der Waals surface area contributed by atoms with Crippen molar-refractivity contribution in [2.45, 2.75) is 86.4 Å². The molecule has 14 heteroatoms. The minimum Gasteiger partial charge on any atom is -0.233 e. The van der Waals surface area contributed by atoms with Gasteiger partial charge in [0, 0.05) is 20.8 Å². The molecule has 0 N–H and O–H groups in total. The fourth-order valence-electron chi connectivity index (χ4n) is 3.65. The van der Waals surface area contributed by atoms with Crippen molar-refractivity contribution in [3.05, 3.63) is 0 Å². The van der Waals surface area contributed by atoms with E-state index in [1.165, 1.54) is 0 Å². The zero-order valence-corrected chi connectivity index (χ0v) is 14.5. The average molecular weight is 448 g/mol. The number of hydrogen-bond donors (Lipinski definition) is 0. The molecule has 0 aromatic carbocycles. The Balaban J connectivity index is 4.43. The Labute approximate surface area is 149 Å². The summed E-state index contributed by atoms with van der Waals surface area (Å²) < 4.78 is 199. The molecule has 1 saturated carbocycles. The van der Waals surface area contributed by atoms with Crippen molar-refractivity contribution in [3.8, 4) is 0 Å². The summed E-state index contributed by atoms with van der Waals surface area (Å²) in [6.07, 6.45) is -2.53. The molecule has 4 unspecified atom stereocenters. The van der Waals surface area contributed by atoms with Crippen LogP contribution in [-0.4, -0.2) is 52.3 Å². The SMILES string of the molecule is CCC1(F)C(F)(F)C(F)(C(C)(F)F)C(F)(C(C)(F)F)C(F)(F)C1(F)C(C)(F)F. The fraction of sp³-hybridized carbons (Fsp3) is 1.00. The Hall–Kier alpha value is -0.980. The summed E-state index contributed by atoms with van der Waals surface area (Å²) in [6.45, 7) is -3.21. The van der Waals surface area contributed by atoms with E-state index in [-0.39, 0.29) is 6.92 Å². The maximum Gasteiger partial charge on any atom is 0.333 e. The second-order valence-electron chi connectivity index (χ2n) is 6.94. The predicted octanol–water partition coefficient (Wildman–Crippen LogP) is 6.48. The molecule has 0 bridgehead atoms. The third-order valence-electron chi connectivity index (χ3n) is 5.12. The van der Waals surface area contributed by atoms with Gasteiger partial charge in [-0.15, -0.1) is 0 Å². The first-order chi connectivity index (χ1) is 11.8. The Kier molecular flexibility index (Phi) is 5.00. The highest BCUT2D eigenvalue weighted by atomic mass is 19.3. The molecule has 0 nitrogen and oxygen atoms in total. The molecule has 0 amide bonds. The van der Waals surface area contributed by atoms with Gasteiger partial charge in [-0.3, -0.25) is 0 Å². The van der Waals surface area contributed by atoms with Crippen LogP contribution in [0.25, 0.3) is 0 Å². The quantitative estimate of drug-likeness (QED) is 0.432. The van der Waals surface area contributed by atoms with E-state index in [2.05, 4.69) is 0 Å². The molecule has 0 heterocycles. The van der Waals surface area contributed by atoms with Crippen LogP contribution in [-0.2, 0) is 0 Å². The minimum absolute atomic E-state index is 0.0341. The fourth-order valence-corrected chi connectivity index (χ4v) is 3.65. The molecule has 28 heavy (non-hydrogen) atoms. The molecule has 1 fully saturated rings. The van der Waals surface area contributed by atoms with Crippen LogP contribution >= 0.6 is 0 Å². The van der Waals surface area contributed by atoms with Gasteiger partial charge in [0.25, 0.3) is 34.8 Å². The van der Waals surface area contributed by atoms with E-state index in [0.29, 0.717) is 0 Å². The van der Waals surface area contributed by atoms with E-state index < -0.39 is 79.5 Å². The van der Waals surface area contributed by atoms with Gasteiger partial charge >= 0.3 is 11.8 Å². The second-order valence-corrected chi connectivity index (χ2v) is 6.94. The molecule has 0 aromatic rings. The van der Waals surface area contributed by atoms with Gasteiger partial charge in [-0.05, 0) is 6.42 Å². The minimum atomic E-state index is -7.41. The van der Waals surface area contributed by atoms with Crippen molar-refractivity contribution in [2.24, 2.45) is 0 Å². The van der Waals surface area contributed by atoms with E-state index in [9.17, 15) is 61.5 Å². The molecule has 0 aromatic heterocycles. The van der Waals surface area contributed by atoms with Crippen LogP contribution in [0.15, 0.2) is 0 Å². The number of halogens is 14. The zero-order valence-electron chi connectivity index (χ0n) is 14.5. The molecular weight excluding hydrogens is 434 g/mol. The van der Waals surface area contributed by atoms with Crippen molar-refractivity contribution in [2.75, 3.05) is 0 Å². The van der Waals surface area contributed by atoms with E-state index in [0.717, 1.165) is 0 Å². The third-order valence-corrected chi connectivity index (χ3v) is 5.12. The lowest BCUT2D eigenvalue weighted by molar-refractivity contribution is -0.481. The van der Waals surface area contributed by atoms with E-state index in [1.807, 2.05) is 0 Å². The molecular formula is C14H14F14. The highest BCUT2D eigenvalue weighted by Crippen LogP contribution is 2.76. The topological polar surface area (TPSA) is 0 Å². The molecule has 1 rings (SSSR count).